The molecule has 0 radical (unpaired) electrons. The highest BCUT2D eigenvalue weighted by atomic mass is 15.3. The molecule has 0 saturated carbocycles. The Morgan fingerprint density at radius 3 is 2.95 bits per heavy atom. The minimum Gasteiger partial charge on any atom is -0.362 e. The highest BCUT2D eigenvalue weighted by Crippen LogP contribution is 2.31. The third-order valence-electron chi connectivity index (χ3n) is 3.85. The number of pyridine rings is 1. The van der Waals surface area contributed by atoms with Gasteiger partial charge in [-0.2, -0.15) is 10.4 Å². The molecule has 0 saturated heterocycles. The van der Waals surface area contributed by atoms with E-state index >= 15 is 0 Å². The van der Waals surface area contributed by atoms with Crippen LogP contribution < -0.4 is 5.32 Å². The number of nitrogens with one attached hydrogen (secondary N) is 1. The number of hydrogen-bond donors (Lipinski definition) is 1. The second kappa shape index (κ2) is 5.57. The van der Waals surface area contributed by atoms with Crippen molar-refractivity contribution in [1.82, 2.24) is 14.8 Å². The molecule has 0 aromatic carbocycles. The van der Waals surface area contributed by atoms with Gasteiger partial charge in [0.1, 0.15) is 11.9 Å². The Kier molecular flexibility index (Phi) is 3.61. The molecule has 2 heterocycles. The highest BCUT2D eigenvalue weighted by Gasteiger charge is 2.24. The molecule has 1 unspecified atom stereocenters. The number of fused-ring (bicyclic) bond motifs is 1. The van der Waals surface area contributed by atoms with Crippen molar-refractivity contribution >= 4 is 5.82 Å². The van der Waals surface area contributed by atoms with Crippen LogP contribution in [0.5, 0.6) is 0 Å². The number of nitriles is 1. The predicted octanol–water partition coefficient (Wildman–Crippen LogP) is 3.22. The standard InChI is InChI=1S/C16H19N5/c1-11(2)21-10-13-4-3-5-14(16(13)20-21)19-15-7-6-12(8-17)9-18-15/h6-7,9-11,14H,3-5H2,1-2H3,(H,18,19). The summed E-state index contributed by atoms with van der Waals surface area (Å²) in [6, 6.07) is 6.30. The highest BCUT2D eigenvalue weighted by molar-refractivity contribution is 5.42. The molecule has 2 aromatic rings. The van der Waals surface area contributed by atoms with Crippen LogP contribution in [0.1, 0.15) is 55.6 Å². The predicted molar refractivity (Wildman–Crippen MR) is 80.9 cm³/mol. The summed E-state index contributed by atoms with van der Waals surface area (Å²) in [4.78, 5) is 4.29. The SMILES string of the molecule is CC(C)n1cc2c(n1)C(Nc1ccc(C#N)cn1)CCC2. The van der Waals surface area contributed by atoms with Crippen molar-refractivity contribution in [3.05, 3.63) is 41.3 Å². The lowest BCUT2D eigenvalue weighted by molar-refractivity contribution is 0.515. The lowest BCUT2D eigenvalue weighted by Crippen LogP contribution is -2.18. The number of rotatable bonds is 3. The fourth-order valence-corrected chi connectivity index (χ4v) is 2.69. The van der Waals surface area contributed by atoms with E-state index in [0.717, 1.165) is 30.8 Å². The van der Waals surface area contributed by atoms with Gasteiger partial charge in [-0.1, -0.05) is 0 Å². The summed E-state index contributed by atoms with van der Waals surface area (Å²) in [5.41, 5.74) is 3.05. The third kappa shape index (κ3) is 2.75. The molecule has 0 fully saturated rings. The van der Waals surface area contributed by atoms with E-state index in [9.17, 15) is 0 Å². The first-order valence-electron chi connectivity index (χ1n) is 7.38. The Morgan fingerprint density at radius 2 is 2.29 bits per heavy atom. The number of aromatic nitrogens is 3. The maximum Gasteiger partial charge on any atom is 0.126 e. The zero-order valence-electron chi connectivity index (χ0n) is 12.4. The maximum atomic E-state index is 8.81. The lowest BCUT2D eigenvalue weighted by Gasteiger charge is -2.22. The molecule has 0 spiro atoms. The van der Waals surface area contributed by atoms with E-state index in [4.69, 9.17) is 10.4 Å². The molecular formula is C16H19N5. The van der Waals surface area contributed by atoms with Gasteiger partial charge in [0.05, 0.1) is 17.3 Å². The molecular weight excluding hydrogens is 262 g/mol. The lowest BCUT2D eigenvalue weighted by atomic mass is 9.94. The Morgan fingerprint density at radius 1 is 1.43 bits per heavy atom. The van der Waals surface area contributed by atoms with Crippen LogP contribution in [0.3, 0.4) is 0 Å². The van der Waals surface area contributed by atoms with E-state index in [-0.39, 0.29) is 6.04 Å². The monoisotopic (exact) mass is 281 g/mol. The molecule has 1 atom stereocenters. The molecule has 1 N–H and O–H groups in total. The second-order valence-electron chi connectivity index (χ2n) is 5.75. The Bertz CT molecular complexity index is 663. The number of aryl methyl sites for hydroxylation is 1. The van der Waals surface area contributed by atoms with Gasteiger partial charge in [0.2, 0.25) is 0 Å². The Labute approximate surface area is 124 Å². The van der Waals surface area contributed by atoms with Crippen molar-refractivity contribution < 1.29 is 0 Å². The van der Waals surface area contributed by atoms with E-state index in [1.54, 1.807) is 12.3 Å². The molecule has 0 aliphatic heterocycles. The summed E-state index contributed by atoms with van der Waals surface area (Å²) in [5.74, 6) is 0.797. The van der Waals surface area contributed by atoms with E-state index < -0.39 is 0 Å². The van der Waals surface area contributed by atoms with Crippen LogP contribution >= 0.6 is 0 Å². The van der Waals surface area contributed by atoms with Gasteiger partial charge in [-0.3, -0.25) is 4.68 Å². The van der Waals surface area contributed by atoms with Gasteiger partial charge in [-0.25, -0.2) is 4.98 Å². The molecule has 0 bridgehead atoms. The van der Waals surface area contributed by atoms with Gasteiger partial charge in [-0.15, -0.1) is 0 Å². The summed E-state index contributed by atoms with van der Waals surface area (Å²) >= 11 is 0. The topological polar surface area (TPSA) is 66.5 Å². The van der Waals surface area contributed by atoms with Gasteiger partial charge >= 0.3 is 0 Å². The number of nitrogens with zero attached hydrogens (tertiary/aromatic N) is 4. The largest absolute Gasteiger partial charge is 0.362 e. The van der Waals surface area contributed by atoms with E-state index in [1.165, 1.54) is 5.56 Å². The molecule has 2 aromatic heterocycles. The maximum absolute atomic E-state index is 8.81. The third-order valence-corrected chi connectivity index (χ3v) is 3.85. The van der Waals surface area contributed by atoms with Gasteiger partial charge in [-0.05, 0) is 50.8 Å². The van der Waals surface area contributed by atoms with Crippen molar-refractivity contribution in [3.8, 4) is 6.07 Å². The molecule has 3 rings (SSSR count). The van der Waals surface area contributed by atoms with Crippen molar-refractivity contribution in [2.75, 3.05) is 5.32 Å². The number of anilines is 1. The van der Waals surface area contributed by atoms with Crippen LogP contribution in [-0.4, -0.2) is 14.8 Å². The normalized spacial score (nSPS) is 17.3. The smallest absolute Gasteiger partial charge is 0.126 e. The summed E-state index contributed by atoms with van der Waals surface area (Å²) in [6.07, 6.45) is 7.08. The molecule has 21 heavy (non-hydrogen) atoms. The van der Waals surface area contributed by atoms with Crippen molar-refractivity contribution in [3.63, 3.8) is 0 Å². The molecule has 108 valence electrons. The summed E-state index contributed by atoms with van der Waals surface area (Å²) < 4.78 is 2.04. The first-order valence-corrected chi connectivity index (χ1v) is 7.38. The van der Waals surface area contributed by atoms with Crippen LogP contribution in [0.15, 0.2) is 24.5 Å². The van der Waals surface area contributed by atoms with Gasteiger partial charge < -0.3 is 5.32 Å². The molecule has 1 aliphatic carbocycles. The van der Waals surface area contributed by atoms with Crippen LogP contribution in [-0.2, 0) is 6.42 Å². The van der Waals surface area contributed by atoms with Gasteiger partial charge in [0, 0.05) is 18.4 Å². The van der Waals surface area contributed by atoms with Crippen molar-refractivity contribution in [2.45, 2.75) is 45.2 Å². The minimum atomic E-state index is 0.203. The second-order valence-corrected chi connectivity index (χ2v) is 5.75. The van der Waals surface area contributed by atoms with E-state index in [0.29, 0.717) is 11.6 Å². The first-order chi connectivity index (χ1) is 10.2. The summed E-state index contributed by atoms with van der Waals surface area (Å²) in [6.45, 7) is 4.28. The van der Waals surface area contributed by atoms with Crippen LogP contribution in [0.4, 0.5) is 5.82 Å². The first kappa shape index (κ1) is 13.6. The molecule has 0 amide bonds. The van der Waals surface area contributed by atoms with Crippen LogP contribution in [0.25, 0.3) is 0 Å². The fourth-order valence-electron chi connectivity index (χ4n) is 2.69. The zero-order valence-corrected chi connectivity index (χ0v) is 12.4. The van der Waals surface area contributed by atoms with Crippen molar-refractivity contribution in [1.29, 1.82) is 5.26 Å². The van der Waals surface area contributed by atoms with Gasteiger partial charge in [0.15, 0.2) is 0 Å². The average Bonchev–Trinajstić information content (AvgIpc) is 2.93. The molecule has 5 nitrogen and oxygen atoms in total. The quantitative estimate of drug-likeness (QED) is 0.938. The molecule has 5 heteroatoms. The summed E-state index contributed by atoms with van der Waals surface area (Å²) in [7, 11) is 0. The molecule has 1 aliphatic rings. The number of hydrogen-bond acceptors (Lipinski definition) is 4. The average molecular weight is 281 g/mol. The zero-order chi connectivity index (χ0) is 14.8. The fraction of sp³-hybridized carbons (Fsp3) is 0.438. The van der Waals surface area contributed by atoms with Gasteiger partial charge in [0.25, 0.3) is 0 Å². The summed E-state index contributed by atoms with van der Waals surface area (Å²) in [5, 5.41) is 17.0. The van der Waals surface area contributed by atoms with Crippen molar-refractivity contribution in [2.24, 2.45) is 0 Å². The van der Waals surface area contributed by atoms with E-state index in [2.05, 4.69) is 36.4 Å². The van der Waals surface area contributed by atoms with Crippen LogP contribution in [0, 0.1) is 11.3 Å². The van der Waals surface area contributed by atoms with Crippen LogP contribution in [0.2, 0.25) is 0 Å². The minimum absolute atomic E-state index is 0.203. The van der Waals surface area contributed by atoms with E-state index in [1.807, 2.05) is 10.7 Å². The Hall–Kier alpha value is -2.35. The Balaban J connectivity index is 1.82.